The molecule has 1 aliphatic heterocycles. The lowest BCUT2D eigenvalue weighted by Gasteiger charge is -2.38. The standard InChI is InChI=1S/C9H11BrN2O2/c10-8-3-6(5-14-8)4-12-2-1-7(12)9(11)13/h3,5,7H,1-2,4H2,(H2,11,13). The quantitative estimate of drug-likeness (QED) is 0.884. The molecule has 1 aliphatic rings. The first kappa shape index (κ1) is 9.73. The van der Waals surface area contributed by atoms with Crippen molar-refractivity contribution in [3.8, 4) is 0 Å². The number of carbonyl (C=O) groups excluding carboxylic acids is 1. The third kappa shape index (κ3) is 1.83. The van der Waals surface area contributed by atoms with Crippen molar-refractivity contribution in [2.45, 2.75) is 19.0 Å². The number of likely N-dealkylation sites (tertiary alicyclic amines) is 1. The summed E-state index contributed by atoms with van der Waals surface area (Å²) in [7, 11) is 0. The van der Waals surface area contributed by atoms with Gasteiger partial charge in [0.1, 0.15) is 0 Å². The van der Waals surface area contributed by atoms with E-state index in [1.54, 1.807) is 6.26 Å². The maximum Gasteiger partial charge on any atom is 0.234 e. The molecule has 5 heteroatoms. The number of primary amides is 1. The van der Waals surface area contributed by atoms with Crippen LogP contribution in [0.3, 0.4) is 0 Å². The van der Waals surface area contributed by atoms with Crippen LogP contribution in [0.2, 0.25) is 0 Å². The number of carbonyl (C=O) groups is 1. The predicted molar refractivity (Wildman–Crippen MR) is 54.4 cm³/mol. The van der Waals surface area contributed by atoms with E-state index in [-0.39, 0.29) is 11.9 Å². The van der Waals surface area contributed by atoms with Gasteiger partial charge in [-0.1, -0.05) is 0 Å². The fourth-order valence-corrected chi connectivity index (χ4v) is 2.00. The maximum absolute atomic E-state index is 10.9. The van der Waals surface area contributed by atoms with Gasteiger partial charge in [0.15, 0.2) is 4.67 Å². The average Bonchev–Trinajstić information content (AvgIpc) is 2.44. The Kier molecular flexibility index (Phi) is 2.60. The lowest BCUT2D eigenvalue weighted by molar-refractivity contribution is -0.127. The lowest BCUT2D eigenvalue weighted by atomic mass is 10.0. The molecule has 0 bridgehead atoms. The average molecular weight is 259 g/mol. The van der Waals surface area contributed by atoms with Crippen molar-refractivity contribution in [2.75, 3.05) is 6.54 Å². The van der Waals surface area contributed by atoms with E-state index in [1.165, 1.54) is 0 Å². The van der Waals surface area contributed by atoms with Gasteiger partial charge in [-0.15, -0.1) is 0 Å². The number of nitrogens with two attached hydrogens (primary N) is 1. The van der Waals surface area contributed by atoms with Crippen molar-refractivity contribution < 1.29 is 9.21 Å². The van der Waals surface area contributed by atoms with Crippen LogP contribution in [-0.4, -0.2) is 23.4 Å². The molecule has 1 aromatic heterocycles. The molecule has 0 spiro atoms. The number of nitrogens with zero attached hydrogens (tertiary/aromatic N) is 1. The SMILES string of the molecule is NC(=O)C1CCN1Cc1coc(Br)c1. The summed E-state index contributed by atoms with van der Waals surface area (Å²) in [6.45, 7) is 1.65. The molecule has 0 aromatic carbocycles. The Morgan fingerprint density at radius 2 is 2.57 bits per heavy atom. The monoisotopic (exact) mass is 258 g/mol. The highest BCUT2D eigenvalue weighted by Gasteiger charge is 2.32. The van der Waals surface area contributed by atoms with E-state index < -0.39 is 0 Å². The van der Waals surface area contributed by atoms with Crippen LogP contribution in [0.15, 0.2) is 21.4 Å². The van der Waals surface area contributed by atoms with E-state index in [0.717, 1.165) is 25.1 Å². The number of hydrogen-bond acceptors (Lipinski definition) is 3. The van der Waals surface area contributed by atoms with E-state index in [2.05, 4.69) is 15.9 Å². The molecule has 0 aliphatic carbocycles. The van der Waals surface area contributed by atoms with Crippen molar-refractivity contribution in [3.05, 3.63) is 22.6 Å². The minimum atomic E-state index is -0.237. The minimum absolute atomic E-state index is 0.0938. The summed E-state index contributed by atoms with van der Waals surface area (Å²) in [4.78, 5) is 13.0. The first-order chi connectivity index (χ1) is 6.66. The third-order valence-corrected chi connectivity index (χ3v) is 2.88. The van der Waals surface area contributed by atoms with Gasteiger partial charge in [0, 0.05) is 18.7 Å². The smallest absolute Gasteiger partial charge is 0.234 e. The van der Waals surface area contributed by atoms with Gasteiger partial charge < -0.3 is 10.2 Å². The summed E-state index contributed by atoms with van der Waals surface area (Å²) >= 11 is 3.23. The van der Waals surface area contributed by atoms with Gasteiger partial charge in [0.2, 0.25) is 5.91 Å². The van der Waals surface area contributed by atoms with Crippen molar-refractivity contribution in [1.82, 2.24) is 4.90 Å². The Morgan fingerprint density at radius 3 is 3.00 bits per heavy atom. The molecular formula is C9H11BrN2O2. The number of hydrogen-bond donors (Lipinski definition) is 1. The van der Waals surface area contributed by atoms with Gasteiger partial charge in [0.25, 0.3) is 0 Å². The molecule has 2 heterocycles. The Balaban J connectivity index is 1.95. The number of halogens is 1. The molecule has 76 valence electrons. The van der Waals surface area contributed by atoms with Crippen LogP contribution in [0.1, 0.15) is 12.0 Å². The lowest BCUT2D eigenvalue weighted by Crippen LogP contribution is -2.54. The molecule has 1 fully saturated rings. The molecule has 14 heavy (non-hydrogen) atoms. The second-order valence-corrected chi connectivity index (χ2v) is 4.22. The van der Waals surface area contributed by atoms with Crippen LogP contribution in [0, 0.1) is 0 Å². The zero-order valence-corrected chi connectivity index (χ0v) is 9.16. The molecule has 1 amide bonds. The molecule has 1 saturated heterocycles. The summed E-state index contributed by atoms with van der Waals surface area (Å²) in [5.41, 5.74) is 6.29. The van der Waals surface area contributed by atoms with Gasteiger partial charge in [-0.05, 0) is 28.4 Å². The topological polar surface area (TPSA) is 59.5 Å². The van der Waals surface area contributed by atoms with E-state index in [0.29, 0.717) is 4.67 Å². The molecule has 4 nitrogen and oxygen atoms in total. The van der Waals surface area contributed by atoms with Gasteiger partial charge in [-0.3, -0.25) is 9.69 Å². The Labute approximate surface area is 90.2 Å². The van der Waals surface area contributed by atoms with Crippen LogP contribution < -0.4 is 5.73 Å². The highest BCUT2D eigenvalue weighted by molar-refractivity contribution is 9.10. The number of furan rings is 1. The normalized spacial score (nSPS) is 21.9. The Hall–Kier alpha value is -0.810. The van der Waals surface area contributed by atoms with E-state index in [1.807, 2.05) is 11.0 Å². The summed E-state index contributed by atoms with van der Waals surface area (Å²) in [5.74, 6) is -0.237. The molecule has 0 radical (unpaired) electrons. The molecule has 1 atom stereocenters. The fraction of sp³-hybridized carbons (Fsp3) is 0.444. The summed E-state index contributed by atoms with van der Waals surface area (Å²) in [6, 6.07) is 1.81. The molecule has 2 rings (SSSR count). The predicted octanol–water partition coefficient (Wildman–Crippen LogP) is 1.10. The van der Waals surface area contributed by atoms with E-state index >= 15 is 0 Å². The van der Waals surface area contributed by atoms with Crippen LogP contribution in [0.25, 0.3) is 0 Å². The third-order valence-electron chi connectivity index (χ3n) is 2.47. The molecule has 1 unspecified atom stereocenters. The summed E-state index contributed by atoms with van der Waals surface area (Å²) in [6.07, 6.45) is 2.55. The second kappa shape index (κ2) is 3.74. The van der Waals surface area contributed by atoms with Gasteiger partial charge in [-0.25, -0.2) is 0 Å². The van der Waals surface area contributed by atoms with Crippen LogP contribution in [-0.2, 0) is 11.3 Å². The molecule has 0 saturated carbocycles. The Bertz CT molecular complexity index is 350. The van der Waals surface area contributed by atoms with Gasteiger partial charge in [0.05, 0.1) is 12.3 Å². The van der Waals surface area contributed by atoms with Crippen molar-refractivity contribution in [1.29, 1.82) is 0 Å². The van der Waals surface area contributed by atoms with Crippen molar-refractivity contribution in [2.24, 2.45) is 5.73 Å². The second-order valence-electron chi connectivity index (χ2n) is 3.44. The maximum atomic E-state index is 10.9. The summed E-state index contributed by atoms with van der Waals surface area (Å²) in [5, 5.41) is 0. The zero-order valence-electron chi connectivity index (χ0n) is 7.57. The first-order valence-corrected chi connectivity index (χ1v) is 5.22. The van der Waals surface area contributed by atoms with E-state index in [9.17, 15) is 4.79 Å². The fourth-order valence-electron chi connectivity index (χ4n) is 1.62. The van der Waals surface area contributed by atoms with Crippen LogP contribution >= 0.6 is 15.9 Å². The first-order valence-electron chi connectivity index (χ1n) is 4.43. The largest absolute Gasteiger partial charge is 0.457 e. The van der Waals surface area contributed by atoms with E-state index in [4.69, 9.17) is 10.2 Å². The molecule has 1 aromatic rings. The number of rotatable bonds is 3. The highest BCUT2D eigenvalue weighted by atomic mass is 79.9. The highest BCUT2D eigenvalue weighted by Crippen LogP contribution is 2.22. The minimum Gasteiger partial charge on any atom is -0.457 e. The van der Waals surface area contributed by atoms with Gasteiger partial charge >= 0.3 is 0 Å². The number of amides is 1. The van der Waals surface area contributed by atoms with Crippen LogP contribution in [0.4, 0.5) is 0 Å². The van der Waals surface area contributed by atoms with Gasteiger partial charge in [-0.2, -0.15) is 0 Å². The molecular weight excluding hydrogens is 248 g/mol. The molecule has 2 N–H and O–H groups in total. The Morgan fingerprint density at radius 1 is 1.79 bits per heavy atom. The summed E-state index contributed by atoms with van der Waals surface area (Å²) < 4.78 is 5.82. The van der Waals surface area contributed by atoms with Crippen LogP contribution in [0.5, 0.6) is 0 Å². The van der Waals surface area contributed by atoms with Crippen molar-refractivity contribution in [3.63, 3.8) is 0 Å². The zero-order chi connectivity index (χ0) is 10.1. The van der Waals surface area contributed by atoms with Crippen molar-refractivity contribution >= 4 is 21.8 Å².